The standard InChI is InChI=1S/C23H23FIN3O2/c1-13-8-15(6-7-17(13)24)27-19-9-14-11-26-28(22(29)23(2,3)4)18(14)10-16(19)21(25)20(27)12-30-5/h6-11H,12H2,1-5H3. The number of benzene rings is 2. The van der Waals surface area contributed by atoms with E-state index in [2.05, 4.69) is 32.3 Å². The molecule has 0 unspecified atom stereocenters. The van der Waals surface area contributed by atoms with Crippen LogP contribution in [0.25, 0.3) is 27.5 Å². The fourth-order valence-electron chi connectivity index (χ4n) is 3.63. The summed E-state index contributed by atoms with van der Waals surface area (Å²) in [5.74, 6) is -0.292. The molecule has 5 nitrogen and oxygen atoms in total. The van der Waals surface area contributed by atoms with Gasteiger partial charge in [-0.3, -0.25) is 4.79 Å². The Balaban J connectivity index is 2.04. The molecular formula is C23H23FIN3O2. The second-order valence-corrected chi connectivity index (χ2v) is 9.58. The number of methoxy groups -OCH3 is 1. The first-order valence-corrected chi connectivity index (χ1v) is 10.7. The first kappa shape index (κ1) is 21.0. The molecule has 4 rings (SSSR count). The lowest BCUT2D eigenvalue weighted by Crippen LogP contribution is -2.27. The topological polar surface area (TPSA) is 49.1 Å². The van der Waals surface area contributed by atoms with E-state index in [1.165, 1.54) is 10.7 Å². The fourth-order valence-corrected chi connectivity index (χ4v) is 4.46. The molecule has 0 spiro atoms. The van der Waals surface area contributed by atoms with Gasteiger partial charge < -0.3 is 9.30 Å². The van der Waals surface area contributed by atoms with Gasteiger partial charge in [0.05, 0.1) is 29.5 Å². The average molecular weight is 519 g/mol. The van der Waals surface area contributed by atoms with E-state index in [0.717, 1.165) is 36.8 Å². The summed E-state index contributed by atoms with van der Waals surface area (Å²) in [4.78, 5) is 12.9. The van der Waals surface area contributed by atoms with E-state index in [1.54, 1.807) is 26.3 Å². The van der Waals surface area contributed by atoms with E-state index in [4.69, 9.17) is 4.74 Å². The second-order valence-electron chi connectivity index (χ2n) is 8.50. The summed E-state index contributed by atoms with van der Waals surface area (Å²) < 4.78 is 24.0. The highest BCUT2D eigenvalue weighted by atomic mass is 127. The second kappa shape index (κ2) is 7.46. The summed E-state index contributed by atoms with van der Waals surface area (Å²) in [6, 6.07) is 9.13. The van der Waals surface area contributed by atoms with Crippen molar-refractivity contribution >= 4 is 50.3 Å². The van der Waals surface area contributed by atoms with Crippen molar-refractivity contribution in [1.82, 2.24) is 14.3 Å². The van der Waals surface area contributed by atoms with E-state index in [0.29, 0.717) is 12.2 Å². The van der Waals surface area contributed by atoms with Gasteiger partial charge in [0.1, 0.15) is 5.82 Å². The molecule has 0 N–H and O–H groups in total. The van der Waals surface area contributed by atoms with Crippen LogP contribution in [0.3, 0.4) is 0 Å². The summed E-state index contributed by atoms with van der Waals surface area (Å²) in [7, 11) is 1.66. The summed E-state index contributed by atoms with van der Waals surface area (Å²) in [5.41, 5.74) is 3.63. The summed E-state index contributed by atoms with van der Waals surface area (Å²) >= 11 is 2.31. The zero-order valence-electron chi connectivity index (χ0n) is 17.6. The van der Waals surface area contributed by atoms with Crippen molar-refractivity contribution in [3.8, 4) is 5.69 Å². The van der Waals surface area contributed by atoms with Crippen molar-refractivity contribution in [2.75, 3.05) is 7.11 Å². The van der Waals surface area contributed by atoms with Crippen LogP contribution in [-0.4, -0.2) is 27.4 Å². The highest BCUT2D eigenvalue weighted by Crippen LogP contribution is 2.35. The van der Waals surface area contributed by atoms with E-state index >= 15 is 0 Å². The van der Waals surface area contributed by atoms with E-state index in [1.807, 2.05) is 39.0 Å². The van der Waals surface area contributed by atoms with Crippen molar-refractivity contribution < 1.29 is 13.9 Å². The van der Waals surface area contributed by atoms with Crippen LogP contribution in [0.5, 0.6) is 0 Å². The van der Waals surface area contributed by atoms with Gasteiger partial charge in [0.25, 0.3) is 5.91 Å². The average Bonchev–Trinajstić information content (AvgIpc) is 3.21. The monoisotopic (exact) mass is 519 g/mol. The normalized spacial score (nSPS) is 12.2. The lowest BCUT2D eigenvalue weighted by Gasteiger charge is -2.16. The van der Waals surface area contributed by atoms with Gasteiger partial charge in [-0.25, -0.2) is 4.39 Å². The molecular weight excluding hydrogens is 496 g/mol. The maximum Gasteiger partial charge on any atom is 0.252 e. The Morgan fingerprint density at radius 2 is 1.93 bits per heavy atom. The van der Waals surface area contributed by atoms with Crippen LogP contribution in [0.15, 0.2) is 36.5 Å². The number of hydrogen-bond acceptors (Lipinski definition) is 3. The maximum atomic E-state index is 13.9. The number of hydrogen-bond donors (Lipinski definition) is 0. The number of carbonyl (C=O) groups excluding carboxylic acids is 1. The van der Waals surface area contributed by atoms with Crippen LogP contribution in [0, 0.1) is 21.7 Å². The number of rotatable bonds is 3. The van der Waals surface area contributed by atoms with Crippen LogP contribution in [0.1, 0.15) is 36.8 Å². The van der Waals surface area contributed by atoms with Crippen molar-refractivity contribution in [2.45, 2.75) is 34.3 Å². The van der Waals surface area contributed by atoms with Gasteiger partial charge in [0, 0.05) is 32.6 Å². The lowest BCUT2D eigenvalue weighted by molar-refractivity contribution is 0.0755. The molecule has 0 fully saturated rings. The van der Waals surface area contributed by atoms with Crippen molar-refractivity contribution in [1.29, 1.82) is 0 Å². The zero-order chi connectivity index (χ0) is 21.8. The van der Waals surface area contributed by atoms with Crippen LogP contribution >= 0.6 is 22.6 Å². The highest BCUT2D eigenvalue weighted by Gasteiger charge is 2.26. The number of nitrogens with zero attached hydrogens (tertiary/aromatic N) is 3. The number of ether oxygens (including phenoxy) is 1. The quantitative estimate of drug-likeness (QED) is 0.319. The molecule has 0 aliphatic heterocycles. The Bertz CT molecular complexity index is 1300. The van der Waals surface area contributed by atoms with E-state index in [9.17, 15) is 9.18 Å². The third kappa shape index (κ3) is 3.33. The molecule has 2 aromatic heterocycles. The maximum absolute atomic E-state index is 13.9. The van der Waals surface area contributed by atoms with Crippen molar-refractivity contribution in [3.05, 3.63) is 57.2 Å². The number of aromatic nitrogens is 3. The van der Waals surface area contributed by atoms with Gasteiger partial charge in [-0.15, -0.1) is 0 Å². The van der Waals surface area contributed by atoms with Crippen LogP contribution < -0.4 is 0 Å². The lowest BCUT2D eigenvalue weighted by atomic mass is 9.96. The minimum absolute atomic E-state index is 0.0578. The van der Waals surface area contributed by atoms with Crippen LogP contribution in [0.2, 0.25) is 0 Å². The Labute approximate surface area is 188 Å². The molecule has 0 radical (unpaired) electrons. The molecule has 0 atom stereocenters. The Hall–Kier alpha value is -2.26. The molecule has 0 saturated carbocycles. The smallest absolute Gasteiger partial charge is 0.252 e. The predicted octanol–water partition coefficient (Wildman–Crippen LogP) is 5.87. The number of fused-ring (bicyclic) bond motifs is 2. The van der Waals surface area contributed by atoms with Crippen molar-refractivity contribution in [3.63, 3.8) is 0 Å². The highest BCUT2D eigenvalue weighted by molar-refractivity contribution is 14.1. The van der Waals surface area contributed by atoms with E-state index < -0.39 is 5.41 Å². The summed E-state index contributed by atoms with van der Waals surface area (Å²) in [6.07, 6.45) is 1.72. The zero-order valence-corrected chi connectivity index (χ0v) is 19.7. The SMILES string of the molecule is COCc1c(I)c2cc3c(cnn3C(=O)C(C)(C)C)cc2n1-c1ccc(F)c(C)c1. The van der Waals surface area contributed by atoms with Gasteiger partial charge in [0.2, 0.25) is 0 Å². The molecule has 0 aliphatic carbocycles. The Morgan fingerprint density at radius 1 is 1.20 bits per heavy atom. The molecule has 0 aliphatic rings. The first-order valence-electron chi connectivity index (χ1n) is 9.64. The fraction of sp³-hybridized carbons (Fsp3) is 0.304. The largest absolute Gasteiger partial charge is 0.378 e. The van der Waals surface area contributed by atoms with Gasteiger partial charge >= 0.3 is 0 Å². The molecule has 156 valence electrons. The van der Waals surface area contributed by atoms with Crippen LogP contribution in [-0.2, 0) is 11.3 Å². The van der Waals surface area contributed by atoms with Gasteiger partial charge in [-0.1, -0.05) is 20.8 Å². The van der Waals surface area contributed by atoms with Crippen molar-refractivity contribution in [2.24, 2.45) is 5.41 Å². The molecule has 4 aromatic rings. The number of aryl methyl sites for hydroxylation is 1. The van der Waals surface area contributed by atoms with Gasteiger partial charge in [-0.05, 0) is 65.4 Å². The van der Waals surface area contributed by atoms with Gasteiger partial charge in [-0.2, -0.15) is 9.78 Å². The van der Waals surface area contributed by atoms with E-state index in [-0.39, 0.29) is 11.7 Å². The Kier molecular flexibility index (Phi) is 5.22. The summed E-state index contributed by atoms with van der Waals surface area (Å²) in [5, 5.41) is 6.24. The van der Waals surface area contributed by atoms with Gasteiger partial charge in [0.15, 0.2) is 0 Å². The molecule has 2 aromatic carbocycles. The van der Waals surface area contributed by atoms with Crippen LogP contribution in [0.4, 0.5) is 4.39 Å². The molecule has 30 heavy (non-hydrogen) atoms. The predicted molar refractivity (Wildman–Crippen MR) is 125 cm³/mol. The minimum atomic E-state index is -0.542. The minimum Gasteiger partial charge on any atom is -0.378 e. The molecule has 0 bridgehead atoms. The third-order valence-electron chi connectivity index (χ3n) is 5.20. The number of halogens is 2. The molecule has 0 amide bonds. The molecule has 2 heterocycles. The number of carbonyl (C=O) groups is 1. The first-order chi connectivity index (χ1) is 14.1. The molecule has 0 saturated heterocycles. The summed E-state index contributed by atoms with van der Waals surface area (Å²) in [6.45, 7) is 7.82. The third-order valence-corrected chi connectivity index (χ3v) is 6.40. The Morgan fingerprint density at radius 3 is 2.57 bits per heavy atom. The molecule has 7 heteroatoms.